The lowest BCUT2D eigenvalue weighted by atomic mass is 10.1. The van der Waals surface area contributed by atoms with Crippen LogP contribution in [0.15, 0.2) is 23.0 Å². The summed E-state index contributed by atoms with van der Waals surface area (Å²) in [5, 5.41) is 3.54. The minimum absolute atomic E-state index is 0.153. The number of imidazole rings is 1. The van der Waals surface area contributed by atoms with E-state index in [1.807, 2.05) is 12.1 Å². The number of aromatic amines is 2. The lowest BCUT2D eigenvalue weighted by molar-refractivity contribution is 0.268. The highest BCUT2D eigenvalue weighted by Gasteiger charge is 2.07. The summed E-state index contributed by atoms with van der Waals surface area (Å²) < 4.78 is 0. The van der Waals surface area contributed by atoms with E-state index < -0.39 is 0 Å². The van der Waals surface area contributed by atoms with Crippen molar-refractivity contribution in [3.63, 3.8) is 0 Å². The molecule has 0 aliphatic carbocycles. The summed E-state index contributed by atoms with van der Waals surface area (Å²) in [4.78, 5) is 19.2. The number of nitrogens with zero attached hydrogens (tertiary/aromatic N) is 1. The number of rotatable bonds is 7. The average Bonchev–Trinajstić information content (AvgIpc) is 2.81. The fourth-order valence-electron chi connectivity index (χ4n) is 2.34. The molecule has 21 heavy (non-hydrogen) atoms. The van der Waals surface area contributed by atoms with Gasteiger partial charge in [0.1, 0.15) is 0 Å². The van der Waals surface area contributed by atoms with Gasteiger partial charge in [0.15, 0.2) is 0 Å². The maximum absolute atomic E-state index is 11.3. The van der Waals surface area contributed by atoms with Crippen molar-refractivity contribution < 1.29 is 0 Å². The van der Waals surface area contributed by atoms with Gasteiger partial charge in [0, 0.05) is 12.1 Å². The Hall–Kier alpha value is -1.59. The summed E-state index contributed by atoms with van der Waals surface area (Å²) in [6, 6.07) is 6.91. The van der Waals surface area contributed by atoms with Gasteiger partial charge in [-0.25, -0.2) is 4.79 Å². The van der Waals surface area contributed by atoms with Crippen LogP contribution in [0.4, 0.5) is 0 Å². The van der Waals surface area contributed by atoms with Crippen LogP contribution >= 0.6 is 0 Å². The number of hydrogen-bond donors (Lipinski definition) is 3. The van der Waals surface area contributed by atoms with Crippen LogP contribution in [0.25, 0.3) is 11.0 Å². The largest absolute Gasteiger partial charge is 0.323 e. The minimum Gasteiger partial charge on any atom is -0.310 e. The SMILES string of the molecule is CC(NCCCN(C)C(C)C)c1ccc2[nH]c(=O)[nH]c2c1. The maximum atomic E-state index is 11.3. The van der Waals surface area contributed by atoms with Crippen LogP contribution in [-0.4, -0.2) is 41.0 Å². The Morgan fingerprint density at radius 1 is 1.19 bits per heavy atom. The number of aromatic nitrogens is 2. The Balaban J connectivity index is 1.87. The molecule has 3 N–H and O–H groups in total. The van der Waals surface area contributed by atoms with Gasteiger partial charge in [-0.1, -0.05) is 6.07 Å². The lowest BCUT2D eigenvalue weighted by Gasteiger charge is -2.21. The Labute approximate surface area is 125 Å². The van der Waals surface area contributed by atoms with Crippen LogP contribution in [0.2, 0.25) is 0 Å². The molecule has 0 fully saturated rings. The van der Waals surface area contributed by atoms with Gasteiger partial charge >= 0.3 is 5.69 Å². The van der Waals surface area contributed by atoms with E-state index in [0.717, 1.165) is 30.5 Å². The normalized spacial score (nSPS) is 13.4. The quantitative estimate of drug-likeness (QED) is 0.685. The molecule has 0 bridgehead atoms. The molecule has 2 rings (SSSR count). The number of hydrogen-bond acceptors (Lipinski definition) is 3. The summed E-state index contributed by atoms with van der Waals surface area (Å²) in [7, 11) is 2.16. The predicted molar refractivity (Wildman–Crippen MR) is 87.7 cm³/mol. The number of H-pyrrole nitrogens is 2. The van der Waals surface area contributed by atoms with E-state index in [1.165, 1.54) is 5.56 Å². The Morgan fingerprint density at radius 2 is 1.90 bits per heavy atom. The summed E-state index contributed by atoms with van der Waals surface area (Å²) in [5.74, 6) is 0. The molecular weight excluding hydrogens is 264 g/mol. The smallest absolute Gasteiger partial charge is 0.310 e. The van der Waals surface area contributed by atoms with Crippen molar-refractivity contribution in [1.82, 2.24) is 20.2 Å². The molecule has 0 radical (unpaired) electrons. The lowest BCUT2D eigenvalue weighted by Crippen LogP contribution is -2.30. The zero-order valence-electron chi connectivity index (χ0n) is 13.4. The summed E-state index contributed by atoms with van der Waals surface area (Å²) >= 11 is 0. The fourth-order valence-corrected chi connectivity index (χ4v) is 2.34. The van der Waals surface area contributed by atoms with Crippen molar-refractivity contribution in [3.05, 3.63) is 34.2 Å². The molecule has 0 amide bonds. The maximum Gasteiger partial charge on any atom is 0.323 e. The van der Waals surface area contributed by atoms with Crippen molar-refractivity contribution >= 4 is 11.0 Å². The zero-order valence-corrected chi connectivity index (χ0v) is 13.4. The third-order valence-electron chi connectivity index (χ3n) is 4.06. The van der Waals surface area contributed by atoms with E-state index in [0.29, 0.717) is 6.04 Å². The second kappa shape index (κ2) is 6.91. The molecule has 0 saturated heterocycles. The topological polar surface area (TPSA) is 63.9 Å². The molecule has 5 heteroatoms. The van der Waals surface area contributed by atoms with E-state index in [9.17, 15) is 4.79 Å². The summed E-state index contributed by atoms with van der Waals surface area (Å²) in [5.41, 5.74) is 2.76. The van der Waals surface area contributed by atoms with Crippen LogP contribution in [0.3, 0.4) is 0 Å². The predicted octanol–water partition coefficient (Wildman–Crippen LogP) is 2.24. The molecule has 1 heterocycles. The highest BCUT2D eigenvalue weighted by Crippen LogP contribution is 2.16. The van der Waals surface area contributed by atoms with Gasteiger partial charge in [0.05, 0.1) is 11.0 Å². The van der Waals surface area contributed by atoms with E-state index in [1.54, 1.807) is 0 Å². The molecule has 0 aliphatic rings. The Morgan fingerprint density at radius 3 is 2.62 bits per heavy atom. The third-order valence-corrected chi connectivity index (χ3v) is 4.06. The van der Waals surface area contributed by atoms with Crippen molar-refractivity contribution in [2.24, 2.45) is 0 Å². The summed E-state index contributed by atoms with van der Waals surface area (Å²) in [6.45, 7) is 8.66. The molecule has 1 atom stereocenters. The highest BCUT2D eigenvalue weighted by atomic mass is 16.1. The van der Waals surface area contributed by atoms with Crippen LogP contribution in [-0.2, 0) is 0 Å². The van der Waals surface area contributed by atoms with Gasteiger partial charge < -0.3 is 20.2 Å². The van der Waals surface area contributed by atoms with Gasteiger partial charge in [-0.3, -0.25) is 0 Å². The van der Waals surface area contributed by atoms with Crippen molar-refractivity contribution in [2.75, 3.05) is 20.1 Å². The molecule has 0 aliphatic heterocycles. The van der Waals surface area contributed by atoms with Crippen LogP contribution in [0.1, 0.15) is 38.8 Å². The minimum atomic E-state index is -0.153. The third kappa shape index (κ3) is 4.19. The van der Waals surface area contributed by atoms with Crippen LogP contribution < -0.4 is 11.0 Å². The zero-order chi connectivity index (χ0) is 15.4. The molecule has 116 valence electrons. The average molecular weight is 290 g/mol. The first kappa shape index (κ1) is 15.8. The number of benzene rings is 1. The molecule has 5 nitrogen and oxygen atoms in total. The molecule has 1 unspecified atom stereocenters. The molecule has 0 spiro atoms. The molecule has 1 aromatic heterocycles. The van der Waals surface area contributed by atoms with Crippen molar-refractivity contribution in [2.45, 2.75) is 39.3 Å². The second-order valence-corrected chi connectivity index (χ2v) is 5.99. The first-order chi connectivity index (χ1) is 9.97. The van der Waals surface area contributed by atoms with Gasteiger partial charge in [0.25, 0.3) is 0 Å². The molecule has 1 aromatic carbocycles. The number of nitrogens with one attached hydrogen (secondary N) is 3. The molecular formula is C16H26N4O. The van der Waals surface area contributed by atoms with Crippen LogP contribution in [0, 0.1) is 0 Å². The number of fused-ring (bicyclic) bond motifs is 1. The van der Waals surface area contributed by atoms with Gasteiger partial charge in [-0.05, 0) is 65.0 Å². The summed E-state index contributed by atoms with van der Waals surface area (Å²) in [6.07, 6.45) is 1.13. The first-order valence-corrected chi connectivity index (χ1v) is 7.63. The molecule has 2 aromatic rings. The van der Waals surface area contributed by atoms with Crippen molar-refractivity contribution in [1.29, 1.82) is 0 Å². The monoisotopic (exact) mass is 290 g/mol. The van der Waals surface area contributed by atoms with E-state index in [4.69, 9.17) is 0 Å². The first-order valence-electron chi connectivity index (χ1n) is 7.63. The molecule has 0 saturated carbocycles. The van der Waals surface area contributed by atoms with Gasteiger partial charge in [-0.2, -0.15) is 0 Å². The second-order valence-electron chi connectivity index (χ2n) is 5.99. The van der Waals surface area contributed by atoms with Crippen LogP contribution in [0.5, 0.6) is 0 Å². The van der Waals surface area contributed by atoms with E-state index >= 15 is 0 Å². The standard InChI is InChI=1S/C16H26N4O/c1-11(2)20(4)9-5-8-17-12(3)13-6-7-14-15(10-13)19-16(21)18-14/h6-7,10-12,17H,5,8-9H2,1-4H3,(H2,18,19,21). The van der Waals surface area contributed by atoms with Gasteiger partial charge in [0.2, 0.25) is 0 Å². The van der Waals surface area contributed by atoms with Crippen molar-refractivity contribution in [3.8, 4) is 0 Å². The van der Waals surface area contributed by atoms with E-state index in [-0.39, 0.29) is 11.7 Å². The van der Waals surface area contributed by atoms with Gasteiger partial charge in [-0.15, -0.1) is 0 Å². The van der Waals surface area contributed by atoms with E-state index in [2.05, 4.69) is 54.1 Å². The Bertz CT molecular complexity index is 628. The fraction of sp³-hybridized carbons (Fsp3) is 0.562. The Kier molecular flexibility index (Phi) is 5.20. The highest BCUT2D eigenvalue weighted by molar-refractivity contribution is 5.75.